The van der Waals surface area contributed by atoms with Gasteiger partial charge in [-0.15, -0.1) is 0 Å². The molecule has 88 valence electrons. The molecular weight excluding hydrogens is 194 g/mol. The van der Waals surface area contributed by atoms with Gasteiger partial charge in [-0.1, -0.05) is 0 Å². The number of ether oxygens (including phenoxy) is 1. The van der Waals surface area contributed by atoms with Crippen LogP contribution >= 0.6 is 0 Å². The van der Waals surface area contributed by atoms with E-state index in [0.717, 1.165) is 19.6 Å². The number of carbonyl (C=O) groups is 1. The number of methoxy groups -OCH3 is 1. The Bertz CT molecular complexity index is 211. The summed E-state index contributed by atoms with van der Waals surface area (Å²) in [6.07, 6.45) is 0.455. The van der Waals surface area contributed by atoms with Crippen LogP contribution in [-0.2, 0) is 9.53 Å². The normalized spacial score (nSPS) is 23.1. The van der Waals surface area contributed by atoms with E-state index in [4.69, 9.17) is 10.5 Å². The summed E-state index contributed by atoms with van der Waals surface area (Å²) in [6, 6.07) is 0.160. The zero-order chi connectivity index (χ0) is 11.3. The van der Waals surface area contributed by atoms with Gasteiger partial charge in [-0.2, -0.15) is 0 Å². The molecule has 1 fully saturated rings. The Hall–Kier alpha value is -0.650. The monoisotopic (exact) mass is 215 g/mol. The zero-order valence-corrected chi connectivity index (χ0v) is 9.61. The van der Waals surface area contributed by atoms with Gasteiger partial charge in [0.25, 0.3) is 0 Å². The standard InChI is InChI=1S/C10H21N3O2/c1-12-4-5-13(9(7-11)8-12)10(14)3-6-15-2/h9H,3-8,11H2,1-2H3. The van der Waals surface area contributed by atoms with Crippen molar-refractivity contribution in [1.29, 1.82) is 0 Å². The van der Waals surface area contributed by atoms with E-state index in [1.165, 1.54) is 0 Å². The molecule has 1 unspecified atom stereocenters. The summed E-state index contributed by atoms with van der Waals surface area (Å²) in [7, 11) is 3.66. The first-order chi connectivity index (χ1) is 7.19. The van der Waals surface area contributed by atoms with Crippen LogP contribution in [0, 0.1) is 0 Å². The van der Waals surface area contributed by atoms with Crippen LogP contribution in [0.3, 0.4) is 0 Å². The molecule has 15 heavy (non-hydrogen) atoms. The van der Waals surface area contributed by atoms with Crippen molar-refractivity contribution in [3.63, 3.8) is 0 Å². The summed E-state index contributed by atoms with van der Waals surface area (Å²) in [5, 5.41) is 0. The Balaban J connectivity index is 2.47. The van der Waals surface area contributed by atoms with Crippen LogP contribution in [0.25, 0.3) is 0 Å². The molecule has 1 heterocycles. The topological polar surface area (TPSA) is 58.8 Å². The molecule has 1 amide bonds. The molecule has 0 spiro atoms. The summed E-state index contributed by atoms with van der Waals surface area (Å²) in [4.78, 5) is 15.9. The maximum absolute atomic E-state index is 11.8. The maximum atomic E-state index is 11.8. The smallest absolute Gasteiger partial charge is 0.225 e. The summed E-state index contributed by atoms with van der Waals surface area (Å²) >= 11 is 0. The summed E-state index contributed by atoms with van der Waals surface area (Å²) in [6.45, 7) is 3.59. The summed E-state index contributed by atoms with van der Waals surface area (Å²) < 4.78 is 4.90. The minimum absolute atomic E-state index is 0.153. The third kappa shape index (κ3) is 3.44. The number of nitrogens with zero attached hydrogens (tertiary/aromatic N) is 2. The van der Waals surface area contributed by atoms with Crippen LogP contribution in [0.5, 0.6) is 0 Å². The van der Waals surface area contributed by atoms with Crippen molar-refractivity contribution >= 4 is 5.91 Å². The van der Waals surface area contributed by atoms with Crippen molar-refractivity contribution in [2.45, 2.75) is 12.5 Å². The van der Waals surface area contributed by atoms with Crippen molar-refractivity contribution in [3.05, 3.63) is 0 Å². The molecule has 0 aromatic carbocycles. The van der Waals surface area contributed by atoms with Gasteiger partial charge in [-0.3, -0.25) is 4.79 Å². The summed E-state index contributed by atoms with van der Waals surface area (Å²) in [5.74, 6) is 0.153. The lowest BCUT2D eigenvalue weighted by Gasteiger charge is -2.39. The minimum Gasteiger partial charge on any atom is -0.384 e. The molecular formula is C10H21N3O2. The Labute approximate surface area is 91.2 Å². The highest BCUT2D eigenvalue weighted by Gasteiger charge is 2.27. The number of amides is 1. The molecule has 0 bridgehead atoms. The largest absolute Gasteiger partial charge is 0.384 e. The van der Waals surface area contributed by atoms with E-state index in [1.807, 2.05) is 4.90 Å². The van der Waals surface area contributed by atoms with Gasteiger partial charge in [0.2, 0.25) is 5.91 Å². The molecule has 1 atom stereocenters. The van der Waals surface area contributed by atoms with E-state index < -0.39 is 0 Å². The molecule has 1 rings (SSSR count). The number of hydrogen-bond donors (Lipinski definition) is 1. The molecule has 1 aliphatic rings. The van der Waals surface area contributed by atoms with Gasteiger partial charge in [0, 0.05) is 33.3 Å². The molecule has 2 N–H and O–H groups in total. The molecule has 1 aliphatic heterocycles. The first-order valence-corrected chi connectivity index (χ1v) is 5.36. The van der Waals surface area contributed by atoms with Gasteiger partial charge in [-0.25, -0.2) is 0 Å². The number of carbonyl (C=O) groups excluding carboxylic acids is 1. The lowest BCUT2D eigenvalue weighted by atomic mass is 10.1. The van der Waals surface area contributed by atoms with Gasteiger partial charge in [0.1, 0.15) is 0 Å². The van der Waals surface area contributed by atoms with Crippen LogP contribution < -0.4 is 5.73 Å². The van der Waals surface area contributed by atoms with Crippen LogP contribution in [0.15, 0.2) is 0 Å². The molecule has 0 radical (unpaired) electrons. The molecule has 0 aromatic rings. The highest BCUT2D eigenvalue weighted by atomic mass is 16.5. The number of nitrogens with two attached hydrogens (primary N) is 1. The fourth-order valence-electron chi connectivity index (χ4n) is 1.87. The number of rotatable bonds is 4. The Morgan fingerprint density at radius 2 is 2.27 bits per heavy atom. The van der Waals surface area contributed by atoms with Crippen molar-refractivity contribution < 1.29 is 9.53 Å². The SMILES string of the molecule is COCCC(=O)N1CCN(C)CC1CN. The molecule has 0 aromatic heterocycles. The first-order valence-electron chi connectivity index (χ1n) is 5.36. The Morgan fingerprint density at radius 1 is 1.53 bits per heavy atom. The molecule has 5 heteroatoms. The number of hydrogen-bond acceptors (Lipinski definition) is 4. The van der Waals surface area contributed by atoms with E-state index in [1.54, 1.807) is 7.11 Å². The fourth-order valence-corrected chi connectivity index (χ4v) is 1.87. The predicted molar refractivity (Wildman–Crippen MR) is 58.5 cm³/mol. The first kappa shape index (κ1) is 12.4. The highest BCUT2D eigenvalue weighted by Crippen LogP contribution is 2.09. The van der Waals surface area contributed by atoms with Crippen LogP contribution in [-0.4, -0.2) is 68.7 Å². The third-order valence-electron chi connectivity index (χ3n) is 2.80. The van der Waals surface area contributed by atoms with Crippen LogP contribution in [0.2, 0.25) is 0 Å². The van der Waals surface area contributed by atoms with Gasteiger partial charge >= 0.3 is 0 Å². The van der Waals surface area contributed by atoms with E-state index in [9.17, 15) is 4.79 Å². The van der Waals surface area contributed by atoms with Gasteiger partial charge in [0.15, 0.2) is 0 Å². The van der Waals surface area contributed by atoms with Crippen molar-refractivity contribution in [3.8, 4) is 0 Å². The number of piperazine rings is 1. The quantitative estimate of drug-likeness (QED) is 0.662. The molecule has 0 saturated carbocycles. The van der Waals surface area contributed by atoms with Gasteiger partial charge in [-0.05, 0) is 7.05 Å². The van der Waals surface area contributed by atoms with Crippen molar-refractivity contribution in [2.75, 3.05) is 46.9 Å². The highest BCUT2D eigenvalue weighted by molar-refractivity contribution is 5.76. The molecule has 1 saturated heterocycles. The maximum Gasteiger partial charge on any atom is 0.225 e. The Morgan fingerprint density at radius 3 is 2.87 bits per heavy atom. The van der Waals surface area contributed by atoms with E-state index in [-0.39, 0.29) is 11.9 Å². The van der Waals surface area contributed by atoms with E-state index >= 15 is 0 Å². The molecule has 5 nitrogen and oxygen atoms in total. The van der Waals surface area contributed by atoms with Crippen LogP contribution in [0.4, 0.5) is 0 Å². The van der Waals surface area contributed by atoms with E-state index in [2.05, 4.69) is 11.9 Å². The van der Waals surface area contributed by atoms with Crippen molar-refractivity contribution in [1.82, 2.24) is 9.80 Å². The minimum atomic E-state index is 0.153. The zero-order valence-electron chi connectivity index (χ0n) is 9.61. The molecule has 0 aliphatic carbocycles. The second-order valence-electron chi connectivity index (χ2n) is 3.98. The predicted octanol–water partition coefficient (Wildman–Crippen LogP) is -0.876. The average Bonchev–Trinajstić information content (AvgIpc) is 2.25. The van der Waals surface area contributed by atoms with Crippen molar-refractivity contribution in [2.24, 2.45) is 5.73 Å². The lowest BCUT2D eigenvalue weighted by molar-refractivity contribution is -0.136. The van der Waals surface area contributed by atoms with Crippen LogP contribution in [0.1, 0.15) is 6.42 Å². The summed E-state index contributed by atoms with van der Waals surface area (Å²) in [5.41, 5.74) is 5.67. The second kappa shape index (κ2) is 6.05. The third-order valence-corrected chi connectivity index (χ3v) is 2.80. The van der Waals surface area contributed by atoms with Gasteiger partial charge < -0.3 is 20.3 Å². The average molecular weight is 215 g/mol. The van der Waals surface area contributed by atoms with Gasteiger partial charge in [0.05, 0.1) is 19.1 Å². The number of likely N-dealkylation sites (N-methyl/N-ethyl adjacent to an activating group) is 1. The Kier molecular flexibility index (Phi) is 5.01. The van der Waals surface area contributed by atoms with E-state index in [0.29, 0.717) is 19.6 Å². The fraction of sp³-hybridized carbons (Fsp3) is 0.900. The second-order valence-corrected chi connectivity index (χ2v) is 3.98. The lowest BCUT2D eigenvalue weighted by Crippen LogP contribution is -2.56.